The molecular weight excluding hydrogens is 229 g/mol. The molecule has 0 spiro atoms. The van der Waals surface area contributed by atoms with Crippen LogP contribution in [0.25, 0.3) is 0 Å². The van der Waals surface area contributed by atoms with Crippen molar-refractivity contribution in [2.75, 3.05) is 6.61 Å². The summed E-state index contributed by atoms with van der Waals surface area (Å²) >= 11 is 0. The second kappa shape index (κ2) is 8.82. The Morgan fingerprint density at radius 3 is 2.31 bits per heavy atom. The van der Waals surface area contributed by atoms with E-state index in [1.165, 1.54) is 0 Å². The Labute approximate surface area is 98.1 Å². The zero-order valence-electron chi connectivity index (χ0n) is 10.2. The summed E-state index contributed by atoms with van der Waals surface area (Å²) in [5, 5.41) is 10.0. The quantitative estimate of drug-likeness (QED) is 0.307. The number of nitriles is 1. The molecule has 0 rings (SSSR count). The lowest BCUT2D eigenvalue weighted by Gasteiger charge is -2.30. The summed E-state index contributed by atoms with van der Waals surface area (Å²) in [4.78, 5) is 4.73. The van der Waals surface area contributed by atoms with Crippen molar-refractivity contribution in [3.05, 3.63) is 0 Å². The van der Waals surface area contributed by atoms with Crippen LogP contribution in [0, 0.1) is 11.3 Å². The first-order valence-electron chi connectivity index (χ1n) is 5.16. The van der Waals surface area contributed by atoms with Crippen molar-refractivity contribution in [1.29, 1.82) is 5.26 Å². The van der Waals surface area contributed by atoms with E-state index >= 15 is 0 Å². The first kappa shape index (κ1) is 15.7. The molecule has 1 unspecified atom stereocenters. The Hall–Kier alpha value is -0.280. The predicted octanol–water partition coefficient (Wildman–Crippen LogP) is 2.08. The molecule has 0 aromatic carbocycles. The molecule has 0 aliphatic carbocycles. The van der Waals surface area contributed by atoms with Crippen molar-refractivity contribution in [3.8, 4) is 6.07 Å². The van der Waals surface area contributed by atoms with Gasteiger partial charge in [-0.2, -0.15) is 15.0 Å². The number of nitrogens with zero attached hydrogens (tertiary/aromatic N) is 2. The van der Waals surface area contributed by atoms with Gasteiger partial charge in [0, 0.05) is 12.1 Å². The molecule has 16 heavy (non-hydrogen) atoms. The van der Waals surface area contributed by atoms with Gasteiger partial charge in [0.15, 0.2) is 0 Å². The highest BCUT2D eigenvalue weighted by Gasteiger charge is 2.19. The van der Waals surface area contributed by atoms with Crippen molar-refractivity contribution in [1.82, 2.24) is 5.06 Å². The molecule has 0 aromatic rings. The van der Waals surface area contributed by atoms with Gasteiger partial charge in [-0.25, -0.2) is 9.51 Å². The number of rotatable bonds is 8. The zero-order chi connectivity index (χ0) is 12.6. The molecule has 94 valence electrons. The van der Waals surface area contributed by atoms with Gasteiger partial charge in [0.2, 0.25) is 0 Å². The molecule has 1 atom stereocenters. The van der Waals surface area contributed by atoms with Crippen LogP contribution in [0.5, 0.6) is 0 Å². The molecule has 7 heteroatoms. The second-order valence-electron chi connectivity index (χ2n) is 3.72. The minimum Gasteiger partial charge on any atom is -0.261 e. The van der Waals surface area contributed by atoms with Crippen LogP contribution in [-0.4, -0.2) is 23.8 Å². The van der Waals surface area contributed by atoms with Crippen LogP contribution in [0.4, 0.5) is 0 Å². The average molecular weight is 249 g/mol. The van der Waals surface area contributed by atoms with Crippen molar-refractivity contribution in [2.24, 2.45) is 5.50 Å². The van der Waals surface area contributed by atoms with Crippen molar-refractivity contribution in [3.63, 3.8) is 0 Å². The highest BCUT2D eigenvalue weighted by atomic mass is 31.2. The largest absolute Gasteiger partial charge is 0.304 e. The van der Waals surface area contributed by atoms with Gasteiger partial charge in [0.05, 0.1) is 19.1 Å². The number of nitrogens with two attached hydrogens (primary N) is 1. The molecule has 2 N–H and O–H groups in total. The van der Waals surface area contributed by atoms with Crippen LogP contribution in [0.3, 0.4) is 0 Å². The van der Waals surface area contributed by atoms with E-state index in [-0.39, 0.29) is 25.1 Å². The van der Waals surface area contributed by atoms with Crippen LogP contribution in [0.2, 0.25) is 0 Å². The molecule has 0 radical (unpaired) electrons. The highest BCUT2D eigenvalue weighted by molar-refractivity contribution is 7.44. The Kier molecular flexibility index (Phi) is 8.67. The Morgan fingerprint density at radius 1 is 1.31 bits per heavy atom. The third kappa shape index (κ3) is 7.07. The predicted molar refractivity (Wildman–Crippen MR) is 61.6 cm³/mol. The summed E-state index contributed by atoms with van der Waals surface area (Å²) in [7, 11) is -1.61. The van der Waals surface area contributed by atoms with Crippen LogP contribution in [0.1, 0.15) is 34.1 Å². The third-order valence-electron chi connectivity index (χ3n) is 1.62. The molecule has 0 aliphatic heterocycles. The summed E-state index contributed by atoms with van der Waals surface area (Å²) in [6, 6.07) is 2.34. The molecule has 0 aromatic heterocycles. The van der Waals surface area contributed by atoms with E-state index in [1.54, 1.807) is 5.06 Å². The summed E-state index contributed by atoms with van der Waals surface area (Å²) in [6.07, 6.45) is 0.265. The van der Waals surface area contributed by atoms with E-state index in [1.807, 2.05) is 33.8 Å². The van der Waals surface area contributed by atoms with Crippen LogP contribution in [0.15, 0.2) is 0 Å². The normalized spacial score (nSPS) is 13.4. The first-order chi connectivity index (χ1) is 7.49. The molecule has 0 bridgehead atoms. The fourth-order valence-electron chi connectivity index (χ4n) is 1.07. The molecule has 0 fully saturated rings. The maximum absolute atomic E-state index is 8.27. The van der Waals surface area contributed by atoms with Gasteiger partial charge in [-0.1, -0.05) is 0 Å². The van der Waals surface area contributed by atoms with Crippen molar-refractivity contribution >= 4 is 8.53 Å². The van der Waals surface area contributed by atoms with E-state index in [2.05, 4.69) is 0 Å². The maximum atomic E-state index is 8.27. The van der Waals surface area contributed by atoms with Gasteiger partial charge in [-0.05, 0) is 27.7 Å². The Bertz CT molecular complexity index is 213. The highest BCUT2D eigenvalue weighted by Crippen LogP contribution is 2.32. The number of hydroxylamine groups is 2. The van der Waals surface area contributed by atoms with Crippen LogP contribution >= 0.6 is 8.53 Å². The van der Waals surface area contributed by atoms with Gasteiger partial charge in [0.25, 0.3) is 0 Å². The topological polar surface area (TPSA) is 80.7 Å². The fourth-order valence-corrected chi connectivity index (χ4v) is 1.84. The van der Waals surface area contributed by atoms with E-state index in [4.69, 9.17) is 25.0 Å². The minimum absolute atomic E-state index is 0.194. The molecule has 0 aliphatic rings. The van der Waals surface area contributed by atoms with Gasteiger partial charge in [-0.15, -0.1) is 0 Å². The molecular formula is C9H20N3O3P. The molecule has 6 nitrogen and oxygen atoms in total. The number of hydrogen-bond acceptors (Lipinski definition) is 6. The van der Waals surface area contributed by atoms with Gasteiger partial charge < -0.3 is 0 Å². The van der Waals surface area contributed by atoms with E-state index in [0.717, 1.165) is 0 Å². The average Bonchev–Trinajstić information content (AvgIpc) is 2.20. The standard InChI is InChI=1S/C9H20N3O3P/c1-8(2)12(9(3)4)14-16(11)15-13-7-5-6-10/h8-9H,5,7,11H2,1-4H3. The minimum atomic E-state index is -1.61. The smallest absolute Gasteiger partial charge is 0.261 e. The first-order valence-corrected chi connectivity index (χ1v) is 6.41. The summed E-state index contributed by atoms with van der Waals surface area (Å²) in [6.45, 7) is 8.19. The molecule has 0 amide bonds. The fraction of sp³-hybridized carbons (Fsp3) is 0.889. The Morgan fingerprint density at radius 2 is 1.88 bits per heavy atom. The number of hydrogen-bond donors (Lipinski definition) is 1. The maximum Gasteiger partial charge on any atom is 0.304 e. The Balaban J connectivity index is 3.83. The van der Waals surface area contributed by atoms with Gasteiger partial charge in [-0.3, -0.25) is 5.50 Å². The summed E-state index contributed by atoms with van der Waals surface area (Å²) in [5.74, 6) is 0. The molecule has 0 heterocycles. The summed E-state index contributed by atoms with van der Waals surface area (Å²) in [5.41, 5.74) is 5.60. The van der Waals surface area contributed by atoms with E-state index in [0.29, 0.717) is 0 Å². The van der Waals surface area contributed by atoms with E-state index in [9.17, 15) is 0 Å². The van der Waals surface area contributed by atoms with Crippen LogP contribution < -0.4 is 5.50 Å². The van der Waals surface area contributed by atoms with E-state index < -0.39 is 8.53 Å². The SMILES string of the molecule is CC(C)N(OP(N)OOCCC#N)C(C)C. The van der Waals surface area contributed by atoms with Crippen LogP contribution in [-0.2, 0) is 14.2 Å². The van der Waals surface area contributed by atoms with Gasteiger partial charge in [0.1, 0.15) is 0 Å². The lowest BCUT2D eigenvalue weighted by molar-refractivity contribution is -0.223. The summed E-state index contributed by atoms with van der Waals surface area (Å²) < 4.78 is 10.2. The molecule has 0 saturated heterocycles. The lowest BCUT2D eigenvalue weighted by atomic mass is 10.3. The van der Waals surface area contributed by atoms with Crippen molar-refractivity contribution in [2.45, 2.75) is 46.2 Å². The zero-order valence-corrected chi connectivity index (χ0v) is 11.1. The third-order valence-corrected chi connectivity index (χ3v) is 2.22. The second-order valence-corrected chi connectivity index (χ2v) is 4.60. The molecule has 0 saturated carbocycles. The monoisotopic (exact) mass is 249 g/mol. The van der Waals surface area contributed by atoms with Crippen molar-refractivity contribution < 1.29 is 14.2 Å². The van der Waals surface area contributed by atoms with Gasteiger partial charge >= 0.3 is 8.53 Å². The lowest BCUT2D eigenvalue weighted by Crippen LogP contribution is -2.36.